The van der Waals surface area contributed by atoms with Crippen LogP contribution < -0.4 is 11.0 Å². The van der Waals surface area contributed by atoms with Crippen LogP contribution >= 0.6 is 0 Å². The first-order valence-corrected chi connectivity index (χ1v) is 7.39. The highest BCUT2D eigenvalue weighted by Crippen LogP contribution is 2.19. The highest BCUT2D eigenvalue weighted by Gasteiger charge is 2.13. The molecule has 23 heavy (non-hydrogen) atoms. The summed E-state index contributed by atoms with van der Waals surface area (Å²) in [7, 11) is 0. The van der Waals surface area contributed by atoms with E-state index in [-0.39, 0.29) is 17.5 Å². The number of aryl methyl sites for hydroxylation is 2. The molecule has 0 unspecified atom stereocenters. The number of halogens is 1. The zero-order chi connectivity index (χ0) is 16.7. The SMILES string of the molecule is Cc1cc(Nc2cc(C)n3c(=O)n(C(C)C)nc3n2)ccc1F. The van der Waals surface area contributed by atoms with E-state index < -0.39 is 0 Å². The van der Waals surface area contributed by atoms with Gasteiger partial charge in [0.1, 0.15) is 11.6 Å². The molecule has 0 atom stereocenters. The molecule has 0 spiro atoms. The highest BCUT2D eigenvalue weighted by atomic mass is 19.1. The second-order valence-electron chi connectivity index (χ2n) is 5.83. The molecule has 6 nitrogen and oxygen atoms in total. The zero-order valence-electron chi connectivity index (χ0n) is 13.5. The van der Waals surface area contributed by atoms with Crippen LogP contribution in [0, 0.1) is 19.7 Å². The lowest BCUT2D eigenvalue weighted by Gasteiger charge is -2.08. The van der Waals surface area contributed by atoms with Gasteiger partial charge in [-0.3, -0.25) is 0 Å². The van der Waals surface area contributed by atoms with Crippen LogP contribution in [0.1, 0.15) is 31.1 Å². The second-order valence-corrected chi connectivity index (χ2v) is 5.83. The van der Waals surface area contributed by atoms with Crippen molar-refractivity contribution in [2.24, 2.45) is 0 Å². The molecule has 3 rings (SSSR count). The Labute approximate surface area is 132 Å². The minimum atomic E-state index is -0.252. The third-order valence-electron chi connectivity index (χ3n) is 3.62. The van der Waals surface area contributed by atoms with E-state index >= 15 is 0 Å². The van der Waals surface area contributed by atoms with E-state index in [9.17, 15) is 9.18 Å². The molecular formula is C16H18FN5O. The van der Waals surface area contributed by atoms with E-state index in [0.717, 1.165) is 11.4 Å². The van der Waals surface area contributed by atoms with Gasteiger partial charge in [-0.1, -0.05) is 0 Å². The van der Waals surface area contributed by atoms with Gasteiger partial charge in [0.25, 0.3) is 5.78 Å². The lowest BCUT2D eigenvalue weighted by Crippen LogP contribution is -2.23. The number of hydrogen-bond acceptors (Lipinski definition) is 4. The summed E-state index contributed by atoms with van der Waals surface area (Å²) in [6.07, 6.45) is 0. The van der Waals surface area contributed by atoms with Gasteiger partial charge in [0, 0.05) is 17.4 Å². The van der Waals surface area contributed by atoms with Crippen molar-refractivity contribution in [3.63, 3.8) is 0 Å². The summed E-state index contributed by atoms with van der Waals surface area (Å²) in [6, 6.07) is 6.47. The van der Waals surface area contributed by atoms with E-state index in [0.29, 0.717) is 17.2 Å². The van der Waals surface area contributed by atoms with Crippen molar-refractivity contribution < 1.29 is 4.39 Å². The Morgan fingerprint density at radius 1 is 1.22 bits per heavy atom. The van der Waals surface area contributed by atoms with Crippen LogP contribution in [0.25, 0.3) is 5.78 Å². The molecule has 120 valence electrons. The van der Waals surface area contributed by atoms with Crippen molar-refractivity contribution >= 4 is 17.3 Å². The van der Waals surface area contributed by atoms with Crippen molar-refractivity contribution in [2.75, 3.05) is 5.32 Å². The summed E-state index contributed by atoms with van der Waals surface area (Å²) < 4.78 is 16.2. The Kier molecular flexibility index (Phi) is 3.63. The second kappa shape index (κ2) is 5.49. The quantitative estimate of drug-likeness (QED) is 0.807. The molecule has 1 aromatic carbocycles. The van der Waals surface area contributed by atoms with Crippen LogP contribution in [0.15, 0.2) is 29.1 Å². The number of nitrogens with one attached hydrogen (secondary N) is 1. The average molecular weight is 315 g/mol. The number of fused-ring (bicyclic) bond motifs is 1. The van der Waals surface area contributed by atoms with Crippen LogP contribution in [0.4, 0.5) is 15.9 Å². The van der Waals surface area contributed by atoms with Crippen LogP contribution in [0.2, 0.25) is 0 Å². The van der Waals surface area contributed by atoms with Crippen molar-refractivity contribution in [2.45, 2.75) is 33.7 Å². The number of anilines is 2. The molecule has 0 aliphatic heterocycles. The Hall–Kier alpha value is -2.70. The van der Waals surface area contributed by atoms with Crippen LogP contribution in [-0.4, -0.2) is 19.2 Å². The lowest BCUT2D eigenvalue weighted by molar-refractivity contribution is 0.513. The first-order chi connectivity index (χ1) is 10.9. The van der Waals surface area contributed by atoms with Gasteiger partial charge in [-0.2, -0.15) is 4.98 Å². The van der Waals surface area contributed by atoms with Gasteiger partial charge in [-0.25, -0.2) is 18.3 Å². The largest absolute Gasteiger partial charge is 0.352 e. The van der Waals surface area contributed by atoms with Crippen LogP contribution in [0.3, 0.4) is 0 Å². The summed E-state index contributed by atoms with van der Waals surface area (Å²) in [5, 5.41) is 7.38. The Morgan fingerprint density at radius 3 is 2.61 bits per heavy atom. The van der Waals surface area contributed by atoms with Crippen molar-refractivity contribution in [3.05, 3.63) is 51.8 Å². The smallest absolute Gasteiger partial charge is 0.340 e. The molecule has 0 fully saturated rings. The Balaban J connectivity index is 2.05. The van der Waals surface area contributed by atoms with E-state index in [1.54, 1.807) is 25.1 Å². The minimum Gasteiger partial charge on any atom is -0.340 e. The number of hydrogen-bond donors (Lipinski definition) is 1. The van der Waals surface area contributed by atoms with Gasteiger partial charge in [-0.05, 0) is 51.5 Å². The molecule has 0 amide bonds. The maximum Gasteiger partial charge on any atom is 0.352 e. The average Bonchev–Trinajstić information content (AvgIpc) is 2.80. The Morgan fingerprint density at radius 2 is 1.96 bits per heavy atom. The molecule has 2 heterocycles. The molecule has 3 aromatic rings. The van der Waals surface area contributed by atoms with Gasteiger partial charge in [0.05, 0.1) is 6.04 Å². The first kappa shape index (κ1) is 15.2. The monoisotopic (exact) mass is 315 g/mol. The fourth-order valence-electron chi connectivity index (χ4n) is 2.43. The number of aromatic nitrogens is 4. The normalized spacial score (nSPS) is 11.4. The van der Waals surface area contributed by atoms with E-state index in [1.165, 1.54) is 15.1 Å². The van der Waals surface area contributed by atoms with E-state index in [4.69, 9.17) is 0 Å². The van der Waals surface area contributed by atoms with Gasteiger partial charge < -0.3 is 5.32 Å². The van der Waals surface area contributed by atoms with E-state index in [2.05, 4.69) is 15.4 Å². The predicted molar refractivity (Wildman–Crippen MR) is 86.8 cm³/mol. The summed E-state index contributed by atoms with van der Waals surface area (Å²) in [6.45, 7) is 7.31. The fraction of sp³-hybridized carbons (Fsp3) is 0.312. The first-order valence-electron chi connectivity index (χ1n) is 7.39. The molecule has 0 aliphatic carbocycles. The number of benzene rings is 1. The van der Waals surface area contributed by atoms with Crippen LogP contribution in [0.5, 0.6) is 0 Å². The van der Waals surface area contributed by atoms with Crippen molar-refractivity contribution in [3.8, 4) is 0 Å². The van der Waals surface area contributed by atoms with Gasteiger partial charge in [-0.15, -0.1) is 5.10 Å². The summed E-state index contributed by atoms with van der Waals surface area (Å²) in [5.41, 5.74) is 1.80. The molecule has 0 saturated heterocycles. The van der Waals surface area contributed by atoms with Gasteiger partial charge >= 0.3 is 5.69 Å². The van der Waals surface area contributed by atoms with Gasteiger partial charge in [0.2, 0.25) is 0 Å². The van der Waals surface area contributed by atoms with Gasteiger partial charge in [0.15, 0.2) is 0 Å². The summed E-state index contributed by atoms with van der Waals surface area (Å²) in [4.78, 5) is 16.7. The zero-order valence-corrected chi connectivity index (χ0v) is 13.5. The van der Waals surface area contributed by atoms with Crippen molar-refractivity contribution in [1.29, 1.82) is 0 Å². The topological polar surface area (TPSA) is 64.2 Å². The molecule has 0 radical (unpaired) electrons. The predicted octanol–water partition coefficient (Wildman–Crippen LogP) is 2.97. The van der Waals surface area contributed by atoms with Crippen LogP contribution in [-0.2, 0) is 0 Å². The maximum absolute atomic E-state index is 13.3. The van der Waals surface area contributed by atoms with E-state index in [1.807, 2.05) is 20.8 Å². The maximum atomic E-state index is 13.3. The number of nitrogens with zero attached hydrogens (tertiary/aromatic N) is 4. The molecular weight excluding hydrogens is 297 g/mol. The molecule has 1 N–H and O–H groups in total. The third kappa shape index (κ3) is 2.69. The summed E-state index contributed by atoms with van der Waals surface area (Å²) >= 11 is 0. The molecule has 0 aliphatic rings. The number of rotatable bonds is 3. The molecule has 0 bridgehead atoms. The molecule has 0 saturated carbocycles. The summed E-state index contributed by atoms with van der Waals surface area (Å²) in [5.74, 6) is 0.643. The fourth-order valence-corrected chi connectivity index (χ4v) is 2.43. The molecule has 7 heteroatoms. The third-order valence-corrected chi connectivity index (χ3v) is 3.62. The molecule has 2 aromatic heterocycles. The standard InChI is InChI=1S/C16H18FN5O/c1-9(2)22-16(23)21-11(4)8-14(19-15(21)20-22)18-12-5-6-13(17)10(3)7-12/h5-9H,1-4H3,(H,18,19,20). The minimum absolute atomic E-state index is 0.0419. The highest BCUT2D eigenvalue weighted by molar-refractivity contribution is 5.59. The van der Waals surface area contributed by atoms with Crippen molar-refractivity contribution in [1.82, 2.24) is 19.2 Å². The lowest BCUT2D eigenvalue weighted by atomic mass is 10.2. The Bertz CT molecular complexity index is 942.